The molecule has 0 amide bonds. The monoisotopic (exact) mass is 272 g/mol. The van der Waals surface area contributed by atoms with Gasteiger partial charge in [0.15, 0.2) is 0 Å². The molecule has 17 heavy (non-hydrogen) atoms. The lowest BCUT2D eigenvalue weighted by atomic mass is 10.2. The number of benzene rings is 1. The van der Waals surface area contributed by atoms with E-state index in [0.29, 0.717) is 23.2 Å². The minimum absolute atomic E-state index is 0.240. The van der Waals surface area contributed by atoms with Crippen molar-refractivity contribution < 1.29 is 4.74 Å². The Hall–Kier alpha value is -0.840. The van der Waals surface area contributed by atoms with Gasteiger partial charge in [-0.1, -0.05) is 23.8 Å². The third kappa shape index (κ3) is 4.89. The van der Waals surface area contributed by atoms with Gasteiger partial charge in [-0.25, -0.2) is 0 Å². The largest absolute Gasteiger partial charge is 0.389 e. The zero-order valence-electron chi connectivity index (χ0n) is 10.00. The van der Waals surface area contributed by atoms with Crippen molar-refractivity contribution in [1.82, 2.24) is 0 Å². The molecule has 0 radical (unpaired) electrons. The average Bonchev–Trinajstić information content (AvgIpc) is 2.25. The van der Waals surface area contributed by atoms with Gasteiger partial charge in [0.1, 0.15) is 4.99 Å². The number of ether oxygens (including phenoxy) is 1. The molecular formula is C12H17ClN2OS. The molecule has 1 rings (SSSR count). The highest BCUT2D eigenvalue weighted by molar-refractivity contribution is 7.80. The Morgan fingerprint density at radius 3 is 2.76 bits per heavy atom. The van der Waals surface area contributed by atoms with E-state index >= 15 is 0 Å². The number of hydrogen-bond donors (Lipinski definition) is 2. The van der Waals surface area contributed by atoms with E-state index in [-0.39, 0.29) is 6.10 Å². The SMILES string of the molecule is CC(C)OCCNc1ccc(C(N)=S)cc1Cl. The summed E-state index contributed by atoms with van der Waals surface area (Å²) in [5, 5.41) is 3.80. The topological polar surface area (TPSA) is 47.3 Å². The standard InChI is InChI=1S/C12H17ClN2OS/c1-8(2)16-6-5-15-11-4-3-9(12(14)17)7-10(11)13/h3-4,7-8,15H,5-6H2,1-2H3,(H2,14,17). The van der Waals surface area contributed by atoms with Crippen molar-refractivity contribution in [3.05, 3.63) is 28.8 Å². The van der Waals surface area contributed by atoms with Crippen LogP contribution in [0.3, 0.4) is 0 Å². The molecule has 3 nitrogen and oxygen atoms in total. The average molecular weight is 273 g/mol. The first-order valence-electron chi connectivity index (χ1n) is 5.45. The first-order chi connectivity index (χ1) is 8.00. The summed E-state index contributed by atoms with van der Waals surface area (Å²) >= 11 is 11.0. The van der Waals surface area contributed by atoms with Crippen LogP contribution in [0.15, 0.2) is 18.2 Å². The van der Waals surface area contributed by atoms with E-state index in [4.69, 9.17) is 34.3 Å². The zero-order valence-corrected chi connectivity index (χ0v) is 11.6. The number of rotatable bonds is 6. The lowest BCUT2D eigenvalue weighted by Crippen LogP contribution is -2.14. The van der Waals surface area contributed by atoms with Gasteiger partial charge in [0.05, 0.1) is 23.4 Å². The number of thiocarbonyl (C=S) groups is 1. The second-order valence-corrected chi connectivity index (χ2v) is 4.75. The van der Waals surface area contributed by atoms with Crippen LogP contribution in [0.2, 0.25) is 5.02 Å². The zero-order chi connectivity index (χ0) is 12.8. The predicted octanol–water partition coefficient (Wildman–Crippen LogP) is 2.81. The molecular weight excluding hydrogens is 256 g/mol. The van der Waals surface area contributed by atoms with Crippen LogP contribution >= 0.6 is 23.8 Å². The second-order valence-electron chi connectivity index (χ2n) is 3.91. The predicted molar refractivity (Wildman–Crippen MR) is 76.9 cm³/mol. The molecule has 0 saturated carbocycles. The molecule has 0 aliphatic rings. The summed E-state index contributed by atoms with van der Waals surface area (Å²) in [6, 6.07) is 5.47. The van der Waals surface area contributed by atoms with Crippen LogP contribution in [0.5, 0.6) is 0 Å². The summed E-state index contributed by atoms with van der Waals surface area (Å²) in [6.45, 7) is 5.36. The maximum absolute atomic E-state index is 6.10. The minimum Gasteiger partial charge on any atom is -0.389 e. The Balaban J connectivity index is 2.52. The molecule has 0 aliphatic carbocycles. The Morgan fingerprint density at radius 2 is 2.24 bits per heavy atom. The fourth-order valence-corrected chi connectivity index (χ4v) is 1.67. The maximum Gasteiger partial charge on any atom is 0.104 e. The third-order valence-electron chi connectivity index (χ3n) is 2.12. The Morgan fingerprint density at radius 1 is 1.53 bits per heavy atom. The fourth-order valence-electron chi connectivity index (χ4n) is 1.29. The quantitative estimate of drug-likeness (QED) is 0.618. The van der Waals surface area contributed by atoms with Gasteiger partial charge in [0.2, 0.25) is 0 Å². The Kier molecular flexibility index (Phi) is 5.68. The number of nitrogens with two attached hydrogens (primary N) is 1. The van der Waals surface area contributed by atoms with Crippen LogP contribution in [-0.2, 0) is 4.74 Å². The Bertz CT molecular complexity index is 396. The van der Waals surface area contributed by atoms with Crippen molar-refractivity contribution in [1.29, 1.82) is 0 Å². The summed E-state index contributed by atoms with van der Waals surface area (Å²) < 4.78 is 5.42. The van der Waals surface area contributed by atoms with E-state index in [1.807, 2.05) is 26.0 Å². The van der Waals surface area contributed by atoms with Crippen LogP contribution < -0.4 is 11.1 Å². The van der Waals surface area contributed by atoms with E-state index in [1.54, 1.807) is 6.07 Å². The lowest BCUT2D eigenvalue weighted by molar-refractivity contribution is 0.0870. The molecule has 5 heteroatoms. The van der Waals surface area contributed by atoms with Gasteiger partial charge in [-0.3, -0.25) is 0 Å². The van der Waals surface area contributed by atoms with Crippen molar-refractivity contribution in [3.8, 4) is 0 Å². The maximum atomic E-state index is 6.10. The smallest absolute Gasteiger partial charge is 0.104 e. The molecule has 0 bridgehead atoms. The van der Waals surface area contributed by atoms with E-state index in [2.05, 4.69) is 5.32 Å². The lowest BCUT2D eigenvalue weighted by Gasteiger charge is -2.11. The summed E-state index contributed by atoms with van der Waals surface area (Å²) in [5.41, 5.74) is 7.15. The summed E-state index contributed by atoms with van der Waals surface area (Å²) in [7, 11) is 0. The normalized spacial score (nSPS) is 10.6. The molecule has 0 fully saturated rings. The number of halogens is 1. The highest BCUT2D eigenvalue weighted by Crippen LogP contribution is 2.22. The van der Waals surface area contributed by atoms with Gasteiger partial charge in [-0.15, -0.1) is 0 Å². The number of hydrogen-bond acceptors (Lipinski definition) is 3. The van der Waals surface area contributed by atoms with Crippen molar-refractivity contribution in [3.63, 3.8) is 0 Å². The van der Waals surface area contributed by atoms with Gasteiger partial charge in [0, 0.05) is 12.1 Å². The molecule has 3 N–H and O–H groups in total. The molecule has 1 aromatic rings. The summed E-state index contributed by atoms with van der Waals surface area (Å²) in [6.07, 6.45) is 0.240. The number of nitrogens with one attached hydrogen (secondary N) is 1. The molecule has 0 aliphatic heterocycles. The Labute approximate surface area is 112 Å². The highest BCUT2D eigenvalue weighted by Gasteiger charge is 2.03. The molecule has 0 atom stereocenters. The van der Waals surface area contributed by atoms with Gasteiger partial charge in [0.25, 0.3) is 0 Å². The number of anilines is 1. The summed E-state index contributed by atoms with van der Waals surface area (Å²) in [4.78, 5) is 0.349. The molecule has 0 heterocycles. The molecule has 0 aromatic heterocycles. The van der Waals surface area contributed by atoms with Crippen LogP contribution in [0.4, 0.5) is 5.69 Å². The van der Waals surface area contributed by atoms with Crippen molar-refractivity contribution >= 4 is 34.5 Å². The van der Waals surface area contributed by atoms with Gasteiger partial charge >= 0.3 is 0 Å². The van der Waals surface area contributed by atoms with E-state index in [0.717, 1.165) is 11.3 Å². The first kappa shape index (κ1) is 14.2. The highest BCUT2D eigenvalue weighted by atomic mass is 35.5. The van der Waals surface area contributed by atoms with Crippen molar-refractivity contribution in [2.45, 2.75) is 20.0 Å². The van der Waals surface area contributed by atoms with Gasteiger partial charge < -0.3 is 15.8 Å². The summed E-state index contributed by atoms with van der Waals surface area (Å²) in [5.74, 6) is 0. The molecule has 94 valence electrons. The minimum atomic E-state index is 0.240. The fraction of sp³-hybridized carbons (Fsp3) is 0.417. The van der Waals surface area contributed by atoms with Crippen LogP contribution in [0, 0.1) is 0 Å². The first-order valence-corrected chi connectivity index (χ1v) is 6.24. The second kappa shape index (κ2) is 6.79. The van der Waals surface area contributed by atoms with E-state index < -0.39 is 0 Å². The van der Waals surface area contributed by atoms with Crippen LogP contribution in [-0.4, -0.2) is 24.2 Å². The van der Waals surface area contributed by atoms with Crippen molar-refractivity contribution in [2.75, 3.05) is 18.5 Å². The van der Waals surface area contributed by atoms with Crippen LogP contribution in [0.25, 0.3) is 0 Å². The van der Waals surface area contributed by atoms with Gasteiger partial charge in [-0.05, 0) is 32.0 Å². The van der Waals surface area contributed by atoms with E-state index in [1.165, 1.54) is 0 Å². The molecule has 0 saturated heterocycles. The molecule has 1 aromatic carbocycles. The molecule has 0 spiro atoms. The van der Waals surface area contributed by atoms with E-state index in [9.17, 15) is 0 Å². The van der Waals surface area contributed by atoms with Crippen molar-refractivity contribution in [2.24, 2.45) is 5.73 Å². The molecule has 0 unspecified atom stereocenters. The van der Waals surface area contributed by atoms with Crippen LogP contribution in [0.1, 0.15) is 19.4 Å². The van der Waals surface area contributed by atoms with Gasteiger partial charge in [-0.2, -0.15) is 0 Å². The third-order valence-corrected chi connectivity index (χ3v) is 2.67.